The highest BCUT2D eigenvalue weighted by Crippen LogP contribution is 2.26. The zero-order chi connectivity index (χ0) is 14.7. The zero-order valence-corrected chi connectivity index (χ0v) is 12.1. The molecule has 0 aliphatic rings. The third kappa shape index (κ3) is 3.05. The second kappa shape index (κ2) is 5.88. The number of nitrogens with one attached hydrogen (secondary N) is 1. The van der Waals surface area contributed by atoms with E-state index in [1.165, 1.54) is 6.07 Å². The highest BCUT2D eigenvalue weighted by atomic mass is 32.1. The molecule has 3 N–H and O–H groups in total. The molecule has 0 fully saturated rings. The molecule has 0 aliphatic carbocycles. The van der Waals surface area contributed by atoms with Crippen LogP contribution < -0.4 is 15.8 Å². The predicted octanol–water partition coefficient (Wildman–Crippen LogP) is 3.52. The van der Waals surface area contributed by atoms with Crippen molar-refractivity contribution in [1.82, 2.24) is 0 Å². The van der Waals surface area contributed by atoms with Crippen LogP contribution in [-0.4, -0.2) is 12.1 Å². The largest absolute Gasteiger partial charge is 0.497 e. The molecule has 0 aliphatic heterocycles. The molecule has 0 atom stereocenters. The van der Waals surface area contributed by atoms with Crippen LogP contribution in [0, 0.1) is 12.7 Å². The first kappa shape index (κ1) is 14.3. The summed E-state index contributed by atoms with van der Waals surface area (Å²) >= 11 is 5.01. The SMILES string of the molecule is COc1ccc(C(N)=S)c(Nc2ccc(C)c(F)c2)c1. The van der Waals surface area contributed by atoms with Gasteiger partial charge >= 0.3 is 0 Å². The van der Waals surface area contributed by atoms with Gasteiger partial charge in [0, 0.05) is 17.3 Å². The number of nitrogens with two attached hydrogens (primary N) is 1. The fourth-order valence-electron chi connectivity index (χ4n) is 1.79. The molecule has 0 aromatic heterocycles. The van der Waals surface area contributed by atoms with Gasteiger partial charge in [0.15, 0.2) is 0 Å². The fourth-order valence-corrected chi connectivity index (χ4v) is 1.97. The van der Waals surface area contributed by atoms with E-state index in [0.717, 1.165) is 0 Å². The number of ether oxygens (including phenoxy) is 1. The van der Waals surface area contributed by atoms with E-state index in [2.05, 4.69) is 5.32 Å². The van der Waals surface area contributed by atoms with Crippen molar-refractivity contribution in [3.63, 3.8) is 0 Å². The number of halogens is 1. The summed E-state index contributed by atoms with van der Waals surface area (Å²) in [6.07, 6.45) is 0. The Bertz CT molecular complexity index is 658. The molecule has 0 amide bonds. The minimum atomic E-state index is -0.269. The molecule has 0 heterocycles. The third-order valence-electron chi connectivity index (χ3n) is 2.94. The molecule has 0 bridgehead atoms. The second-order valence-electron chi connectivity index (χ2n) is 4.36. The standard InChI is InChI=1S/C15H15FN2OS/c1-9-3-4-10(7-13(9)16)18-14-8-11(19-2)5-6-12(14)15(17)20/h3-8,18H,1-2H3,(H2,17,20). The van der Waals surface area contributed by atoms with E-state index in [0.29, 0.717) is 28.3 Å². The van der Waals surface area contributed by atoms with Gasteiger partial charge in [0.2, 0.25) is 0 Å². The number of methoxy groups -OCH3 is 1. The van der Waals surface area contributed by atoms with E-state index in [1.54, 1.807) is 44.4 Å². The molecule has 0 unspecified atom stereocenters. The predicted molar refractivity (Wildman–Crippen MR) is 83.3 cm³/mol. The summed E-state index contributed by atoms with van der Waals surface area (Å²) in [7, 11) is 1.57. The van der Waals surface area contributed by atoms with E-state index in [1.807, 2.05) is 0 Å². The Morgan fingerprint density at radius 3 is 2.60 bits per heavy atom. The number of hydrogen-bond donors (Lipinski definition) is 2. The molecule has 0 radical (unpaired) electrons. The van der Waals surface area contributed by atoms with Gasteiger partial charge in [0.1, 0.15) is 16.6 Å². The average Bonchev–Trinajstić information content (AvgIpc) is 2.42. The highest BCUT2D eigenvalue weighted by Gasteiger charge is 2.08. The molecule has 20 heavy (non-hydrogen) atoms. The number of hydrogen-bond acceptors (Lipinski definition) is 3. The van der Waals surface area contributed by atoms with E-state index >= 15 is 0 Å². The quantitative estimate of drug-likeness (QED) is 0.846. The first-order valence-corrected chi connectivity index (χ1v) is 6.43. The Balaban J connectivity index is 2.40. The second-order valence-corrected chi connectivity index (χ2v) is 4.80. The topological polar surface area (TPSA) is 47.3 Å². The van der Waals surface area contributed by atoms with Crippen molar-refractivity contribution in [2.24, 2.45) is 5.73 Å². The maximum absolute atomic E-state index is 13.6. The van der Waals surface area contributed by atoms with Gasteiger partial charge in [-0.2, -0.15) is 0 Å². The molecule has 0 saturated carbocycles. The van der Waals surface area contributed by atoms with Crippen molar-refractivity contribution >= 4 is 28.6 Å². The summed E-state index contributed by atoms with van der Waals surface area (Å²) in [5, 5.41) is 3.11. The first-order chi connectivity index (χ1) is 9.51. The van der Waals surface area contributed by atoms with Gasteiger partial charge in [-0.15, -0.1) is 0 Å². The summed E-state index contributed by atoms with van der Waals surface area (Å²) in [5.41, 5.74) is 8.27. The highest BCUT2D eigenvalue weighted by molar-refractivity contribution is 7.80. The van der Waals surface area contributed by atoms with Gasteiger partial charge in [0.25, 0.3) is 0 Å². The Morgan fingerprint density at radius 2 is 2.00 bits per heavy atom. The van der Waals surface area contributed by atoms with Crippen LogP contribution in [0.3, 0.4) is 0 Å². The van der Waals surface area contributed by atoms with Crippen molar-refractivity contribution in [1.29, 1.82) is 0 Å². The fraction of sp³-hybridized carbons (Fsp3) is 0.133. The summed E-state index contributed by atoms with van der Waals surface area (Å²) in [6, 6.07) is 10.2. The van der Waals surface area contributed by atoms with Crippen molar-refractivity contribution in [2.45, 2.75) is 6.92 Å². The first-order valence-electron chi connectivity index (χ1n) is 6.02. The third-order valence-corrected chi connectivity index (χ3v) is 3.16. The van der Waals surface area contributed by atoms with Crippen molar-refractivity contribution in [3.05, 3.63) is 53.3 Å². The number of anilines is 2. The van der Waals surface area contributed by atoms with Gasteiger partial charge in [0.05, 0.1) is 12.8 Å². The minimum Gasteiger partial charge on any atom is -0.497 e. The Morgan fingerprint density at radius 1 is 1.25 bits per heavy atom. The smallest absolute Gasteiger partial charge is 0.128 e. The Kier molecular flexibility index (Phi) is 4.20. The molecule has 2 aromatic rings. The average molecular weight is 290 g/mol. The monoisotopic (exact) mass is 290 g/mol. The van der Waals surface area contributed by atoms with E-state index in [-0.39, 0.29) is 10.8 Å². The Hall–Kier alpha value is -2.14. The summed E-state index contributed by atoms with van der Waals surface area (Å²) < 4.78 is 18.7. The molecule has 0 spiro atoms. The lowest BCUT2D eigenvalue weighted by Gasteiger charge is -2.13. The number of benzene rings is 2. The van der Waals surface area contributed by atoms with Gasteiger partial charge in [-0.05, 0) is 36.8 Å². The van der Waals surface area contributed by atoms with E-state index in [4.69, 9.17) is 22.7 Å². The molecule has 0 saturated heterocycles. The van der Waals surface area contributed by atoms with Gasteiger partial charge in [-0.1, -0.05) is 18.3 Å². The van der Waals surface area contributed by atoms with Crippen LogP contribution in [0.4, 0.5) is 15.8 Å². The molecule has 2 rings (SSSR count). The van der Waals surface area contributed by atoms with Crippen LogP contribution in [0.1, 0.15) is 11.1 Å². The normalized spacial score (nSPS) is 10.2. The number of thiocarbonyl (C=S) groups is 1. The van der Waals surface area contributed by atoms with E-state index < -0.39 is 0 Å². The van der Waals surface area contributed by atoms with Crippen molar-refractivity contribution < 1.29 is 9.13 Å². The maximum atomic E-state index is 13.6. The zero-order valence-electron chi connectivity index (χ0n) is 11.2. The van der Waals surface area contributed by atoms with Crippen LogP contribution in [-0.2, 0) is 0 Å². The van der Waals surface area contributed by atoms with Crippen molar-refractivity contribution in [3.8, 4) is 5.75 Å². The van der Waals surface area contributed by atoms with Crippen LogP contribution >= 0.6 is 12.2 Å². The lowest BCUT2D eigenvalue weighted by Crippen LogP contribution is -2.12. The van der Waals surface area contributed by atoms with Crippen LogP contribution in [0.15, 0.2) is 36.4 Å². The van der Waals surface area contributed by atoms with Gasteiger partial charge < -0.3 is 15.8 Å². The van der Waals surface area contributed by atoms with Gasteiger partial charge in [-0.3, -0.25) is 0 Å². The lowest BCUT2D eigenvalue weighted by atomic mass is 10.1. The number of rotatable bonds is 4. The van der Waals surface area contributed by atoms with E-state index in [9.17, 15) is 4.39 Å². The molecular formula is C15H15FN2OS. The van der Waals surface area contributed by atoms with Crippen LogP contribution in [0.5, 0.6) is 5.75 Å². The van der Waals surface area contributed by atoms with Crippen LogP contribution in [0.25, 0.3) is 0 Å². The van der Waals surface area contributed by atoms with Crippen LogP contribution in [0.2, 0.25) is 0 Å². The molecule has 2 aromatic carbocycles. The molecule has 104 valence electrons. The number of aryl methyl sites for hydroxylation is 1. The maximum Gasteiger partial charge on any atom is 0.128 e. The summed E-state index contributed by atoms with van der Waals surface area (Å²) in [6.45, 7) is 1.71. The summed E-state index contributed by atoms with van der Waals surface area (Å²) in [4.78, 5) is 0.266. The molecular weight excluding hydrogens is 275 g/mol. The van der Waals surface area contributed by atoms with Crippen molar-refractivity contribution in [2.75, 3.05) is 12.4 Å². The minimum absolute atomic E-state index is 0.266. The Labute approximate surface area is 122 Å². The van der Waals surface area contributed by atoms with Gasteiger partial charge in [-0.25, -0.2) is 4.39 Å². The lowest BCUT2D eigenvalue weighted by molar-refractivity contribution is 0.415. The summed E-state index contributed by atoms with van der Waals surface area (Å²) in [5.74, 6) is 0.398. The molecule has 5 heteroatoms. The molecule has 3 nitrogen and oxygen atoms in total.